The Hall–Kier alpha value is -1.67. The maximum Gasteiger partial charge on any atom is 0.267 e. The Kier molecular flexibility index (Phi) is 3.14. The van der Waals surface area contributed by atoms with Crippen LogP contribution in [0.5, 0.6) is 0 Å². The molecule has 2 heterocycles. The molecule has 0 fully saturated rings. The van der Waals surface area contributed by atoms with Crippen LogP contribution in [0.3, 0.4) is 0 Å². The second kappa shape index (κ2) is 4.71. The molecule has 3 N–H and O–H groups in total. The van der Waals surface area contributed by atoms with Crippen LogP contribution in [0.2, 0.25) is 0 Å². The minimum Gasteiger partial charge on any atom is -0.399 e. The third-order valence-corrected chi connectivity index (χ3v) is 6.13. The zero-order chi connectivity index (χ0) is 14.3. The Balaban J connectivity index is 2.13. The molecule has 0 unspecified atom stereocenters. The number of aromatic nitrogens is 2. The van der Waals surface area contributed by atoms with Gasteiger partial charge in [0.25, 0.3) is 10.0 Å². The van der Waals surface area contributed by atoms with Crippen molar-refractivity contribution >= 4 is 33.2 Å². The highest BCUT2D eigenvalue weighted by molar-refractivity contribution is 8.00. The largest absolute Gasteiger partial charge is 0.399 e. The van der Waals surface area contributed by atoms with Gasteiger partial charge in [-0.3, -0.25) is 9.40 Å². The Morgan fingerprint density at radius 3 is 2.95 bits per heavy atom. The molecule has 3 rings (SSSR count). The summed E-state index contributed by atoms with van der Waals surface area (Å²) in [6.07, 6.45) is 1.35. The van der Waals surface area contributed by atoms with E-state index in [-0.39, 0.29) is 4.90 Å². The van der Waals surface area contributed by atoms with Gasteiger partial charge in [-0.1, -0.05) is 0 Å². The number of aromatic amines is 1. The molecule has 1 aliphatic heterocycles. The van der Waals surface area contributed by atoms with Gasteiger partial charge in [0.2, 0.25) is 0 Å². The van der Waals surface area contributed by atoms with Crippen molar-refractivity contribution in [2.75, 3.05) is 22.3 Å². The van der Waals surface area contributed by atoms with E-state index >= 15 is 0 Å². The number of anilines is 2. The zero-order valence-electron chi connectivity index (χ0n) is 10.8. The maximum atomic E-state index is 12.8. The average Bonchev–Trinajstić information content (AvgIpc) is 2.85. The summed E-state index contributed by atoms with van der Waals surface area (Å²) in [5.41, 5.74) is 7.51. The fraction of sp³-hybridized carbons (Fsp3) is 0.250. The molecular weight excluding hydrogens is 296 g/mol. The lowest BCUT2D eigenvalue weighted by Crippen LogP contribution is -2.35. The highest BCUT2D eigenvalue weighted by Crippen LogP contribution is 2.39. The molecule has 106 valence electrons. The molecule has 0 aliphatic carbocycles. The lowest BCUT2D eigenvalue weighted by molar-refractivity contribution is 0.591. The van der Waals surface area contributed by atoms with E-state index in [4.69, 9.17) is 5.73 Å². The Bertz CT molecular complexity index is 755. The summed E-state index contributed by atoms with van der Waals surface area (Å²) in [7, 11) is -3.61. The molecule has 1 aromatic carbocycles. The lowest BCUT2D eigenvalue weighted by atomic mass is 10.3. The number of nitrogen functional groups attached to an aromatic ring is 1. The van der Waals surface area contributed by atoms with Crippen LogP contribution in [0.4, 0.5) is 11.4 Å². The van der Waals surface area contributed by atoms with Gasteiger partial charge in [0.1, 0.15) is 4.90 Å². The number of nitrogens with zero attached hydrogens (tertiary/aromatic N) is 2. The van der Waals surface area contributed by atoms with Crippen molar-refractivity contribution in [2.45, 2.75) is 16.7 Å². The van der Waals surface area contributed by atoms with Gasteiger partial charge in [0.05, 0.1) is 17.6 Å². The Labute approximate surface area is 121 Å². The molecule has 0 spiro atoms. The lowest BCUT2D eigenvalue weighted by Gasteiger charge is -2.30. The topological polar surface area (TPSA) is 92.1 Å². The third-order valence-electron chi connectivity index (χ3n) is 3.16. The first-order valence-electron chi connectivity index (χ1n) is 6.05. The van der Waals surface area contributed by atoms with Crippen molar-refractivity contribution in [1.82, 2.24) is 10.2 Å². The molecule has 0 amide bonds. The van der Waals surface area contributed by atoms with Gasteiger partial charge in [0, 0.05) is 22.9 Å². The van der Waals surface area contributed by atoms with E-state index in [0.29, 0.717) is 29.4 Å². The van der Waals surface area contributed by atoms with Crippen LogP contribution in [-0.4, -0.2) is 30.9 Å². The average molecular weight is 310 g/mol. The van der Waals surface area contributed by atoms with Gasteiger partial charge in [-0.15, -0.1) is 11.8 Å². The smallest absolute Gasteiger partial charge is 0.267 e. The van der Waals surface area contributed by atoms with E-state index in [0.717, 1.165) is 4.90 Å². The fourth-order valence-electron chi connectivity index (χ4n) is 2.18. The van der Waals surface area contributed by atoms with Crippen molar-refractivity contribution in [3.63, 3.8) is 0 Å². The SMILES string of the molecule is Cc1[nH]ncc1S(=O)(=O)N1CCSc2ccc(N)cc21. The molecule has 2 aromatic rings. The maximum absolute atomic E-state index is 12.8. The molecule has 6 nitrogen and oxygen atoms in total. The first kappa shape index (κ1) is 13.3. The number of nitrogens with two attached hydrogens (primary N) is 1. The van der Waals surface area contributed by atoms with E-state index < -0.39 is 10.0 Å². The number of sulfonamides is 1. The quantitative estimate of drug-likeness (QED) is 0.822. The van der Waals surface area contributed by atoms with E-state index in [1.807, 2.05) is 6.07 Å². The van der Waals surface area contributed by atoms with Gasteiger partial charge in [-0.25, -0.2) is 8.42 Å². The van der Waals surface area contributed by atoms with Crippen molar-refractivity contribution < 1.29 is 8.42 Å². The molecular formula is C12H14N4O2S2. The Morgan fingerprint density at radius 1 is 1.45 bits per heavy atom. The van der Waals surface area contributed by atoms with E-state index in [1.165, 1.54) is 10.5 Å². The zero-order valence-corrected chi connectivity index (χ0v) is 12.5. The number of aryl methyl sites for hydroxylation is 1. The summed E-state index contributed by atoms with van der Waals surface area (Å²) in [4.78, 5) is 1.13. The van der Waals surface area contributed by atoms with Crippen molar-refractivity contribution in [3.8, 4) is 0 Å². The number of benzene rings is 1. The molecule has 1 aliphatic rings. The van der Waals surface area contributed by atoms with Gasteiger partial charge < -0.3 is 5.73 Å². The normalized spacial score (nSPS) is 15.2. The van der Waals surface area contributed by atoms with Crippen molar-refractivity contribution in [3.05, 3.63) is 30.1 Å². The summed E-state index contributed by atoms with van der Waals surface area (Å²) in [5, 5.41) is 6.46. The van der Waals surface area contributed by atoms with Crippen LogP contribution in [0.1, 0.15) is 5.69 Å². The third kappa shape index (κ3) is 2.04. The van der Waals surface area contributed by atoms with Crippen LogP contribution >= 0.6 is 11.8 Å². The van der Waals surface area contributed by atoms with Gasteiger partial charge >= 0.3 is 0 Å². The number of thioether (sulfide) groups is 1. The molecule has 8 heteroatoms. The molecule has 1 aromatic heterocycles. The molecule has 0 radical (unpaired) electrons. The van der Waals surface area contributed by atoms with Crippen LogP contribution in [0.15, 0.2) is 34.2 Å². The highest BCUT2D eigenvalue weighted by atomic mass is 32.2. The second-order valence-corrected chi connectivity index (χ2v) is 7.48. The van der Waals surface area contributed by atoms with E-state index in [1.54, 1.807) is 30.8 Å². The molecule has 0 saturated carbocycles. The van der Waals surface area contributed by atoms with Crippen LogP contribution in [-0.2, 0) is 10.0 Å². The van der Waals surface area contributed by atoms with E-state index in [2.05, 4.69) is 10.2 Å². The fourth-order valence-corrected chi connectivity index (χ4v) is 4.92. The number of H-pyrrole nitrogens is 1. The number of nitrogens with one attached hydrogen (secondary N) is 1. The first-order chi connectivity index (χ1) is 9.50. The first-order valence-corrected chi connectivity index (χ1v) is 8.48. The predicted octanol–water partition coefficient (Wildman–Crippen LogP) is 1.60. The standard InChI is InChI=1S/C12H14N4O2S2/c1-8-12(7-14-15-8)20(17,18)16-4-5-19-11-3-2-9(13)6-10(11)16/h2-3,6-7H,4-5,13H2,1H3,(H,14,15). The van der Waals surface area contributed by atoms with Crippen molar-refractivity contribution in [2.24, 2.45) is 0 Å². The van der Waals surface area contributed by atoms with E-state index in [9.17, 15) is 8.42 Å². The summed E-state index contributed by atoms with van der Waals surface area (Å²) in [5.74, 6) is 0.715. The molecule has 0 bridgehead atoms. The molecule has 0 atom stereocenters. The van der Waals surface area contributed by atoms with Gasteiger partial charge in [0.15, 0.2) is 0 Å². The van der Waals surface area contributed by atoms with Crippen LogP contribution in [0, 0.1) is 6.92 Å². The van der Waals surface area contributed by atoms with Crippen LogP contribution < -0.4 is 10.0 Å². The summed E-state index contributed by atoms with van der Waals surface area (Å²) in [6.45, 7) is 2.12. The van der Waals surface area contributed by atoms with Crippen molar-refractivity contribution in [1.29, 1.82) is 0 Å². The number of rotatable bonds is 2. The Morgan fingerprint density at radius 2 is 2.25 bits per heavy atom. The monoisotopic (exact) mass is 310 g/mol. The summed E-state index contributed by atoms with van der Waals surface area (Å²) in [6, 6.07) is 5.35. The molecule has 20 heavy (non-hydrogen) atoms. The van der Waals surface area contributed by atoms with Gasteiger partial charge in [-0.2, -0.15) is 5.10 Å². The number of hydrogen-bond acceptors (Lipinski definition) is 5. The summed E-state index contributed by atoms with van der Waals surface area (Å²) < 4.78 is 26.9. The minimum atomic E-state index is -3.61. The number of fused-ring (bicyclic) bond motifs is 1. The molecule has 0 saturated heterocycles. The highest BCUT2D eigenvalue weighted by Gasteiger charge is 2.31. The number of hydrogen-bond donors (Lipinski definition) is 2. The summed E-state index contributed by atoms with van der Waals surface area (Å²) >= 11 is 1.63. The predicted molar refractivity (Wildman–Crippen MR) is 79.4 cm³/mol. The minimum absolute atomic E-state index is 0.206. The second-order valence-electron chi connectivity index (χ2n) is 4.51. The van der Waals surface area contributed by atoms with Crippen LogP contribution in [0.25, 0.3) is 0 Å². The van der Waals surface area contributed by atoms with Gasteiger partial charge in [-0.05, 0) is 25.1 Å².